The van der Waals surface area contributed by atoms with Crippen LogP contribution in [0.2, 0.25) is 5.82 Å². The van der Waals surface area contributed by atoms with Gasteiger partial charge in [-0.2, -0.15) is 0 Å². The van der Waals surface area contributed by atoms with E-state index in [2.05, 4.69) is 0 Å². The Kier molecular flexibility index (Phi) is 2.36. The largest absolute Gasteiger partial charge is 0.466 e. The summed E-state index contributed by atoms with van der Waals surface area (Å²) in [6.07, 6.45) is 2.17. The number of carbonyl (C=O) groups excluding carboxylic acids is 1. The van der Waals surface area contributed by atoms with Crippen LogP contribution >= 0.6 is 0 Å². The molecule has 0 bridgehead atoms. The van der Waals surface area contributed by atoms with Crippen molar-refractivity contribution >= 4 is 13.8 Å². The van der Waals surface area contributed by atoms with Gasteiger partial charge in [0.2, 0.25) is 0 Å². The van der Waals surface area contributed by atoms with Gasteiger partial charge in [0, 0.05) is 5.82 Å². The molecule has 2 nitrogen and oxygen atoms in total. The van der Waals surface area contributed by atoms with Crippen LogP contribution in [0.3, 0.4) is 0 Å². The van der Waals surface area contributed by atoms with Crippen LogP contribution in [0.25, 0.3) is 0 Å². The maximum absolute atomic E-state index is 10.9. The Hall–Kier alpha value is -0.465. The fraction of sp³-hybridized carbons (Fsp3) is 0.857. The Bertz CT molecular complexity index is 132. The van der Waals surface area contributed by atoms with Gasteiger partial charge in [0.05, 0.1) is 14.5 Å². The number of hydrogen-bond donors (Lipinski definition) is 0. The topological polar surface area (TPSA) is 26.3 Å². The second-order valence-corrected chi connectivity index (χ2v) is 2.62. The third-order valence-electron chi connectivity index (χ3n) is 1.69. The summed E-state index contributed by atoms with van der Waals surface area (Å²) in [5.41, 5.74) is 0. The van der Waals surface area contributed by atoms with Crippen LogP contribution in [0.4, 0.5) is 0 Å². The van der Waals surface area contributed by atoms with Crippen LogP contribution in [0.5, 0.6) is 0 Å². The first kappa shape index (κ1) is 7.64. The van der Waals surface area contributed by atoms with E-state index in [0.29, 0.717) is 12.5 Å². The van der Waals surface area contributed by atoms with Crippen molar-refractivity contribution in [2.45, 2.75) is 25.6 Å². The Balaban J connectivity index is 2.24. The highest BCUT2D eigenvalue weighted by molar-refractivity contribution is 6.23. The summed E-state index contributed by atoms with van der Waals surface area (Å²) < 4.78 is 4.74. The number of esters is 1. The van der Waals surface area contributed by atoms with Crippen molar-refractivity contribution in [3.63, 3.8) is 0 Å². The van der Waals surface area contributed by atoms with Gasteiger partial charge >= 0.3 is 0 Å². The molecule has 1 saturated carbocycles. The van der Waals surface area contributed by atoms with Gasteiger partial charge in [0.15, 0.2) is 0 Å². The minimum atomic E-state index is -0.361. The van der Waals surface area contributed by atoms with E-state index in [1.54, 1.807) is 6.92 Å². The molecule has 54 valence electrons. The van der Waals surface area contributed by atoms with Crippen molar-refractivity contribution in [1.29, 1.82) is 0 Å². The van der Waals surface area contributed by atoms with Gasteiger partial charge in [-0.15, -0.1) is 0 Å². The fourth-order valence-corrected chi connectivity index (χ4v) is 0.886. The molecule has 1 atom stereocenters. The molecule has 0 N–H and O–H groups in total. The summed E-state index contributed by atoms with van der Waals surface area (Å²) in [5, 5.41) is 0. The van der Waals surface area contributed by atoms with Crippen LogP contribution < -0.4 is 0 Å². The van der Waals surface area contributed by atoms with Gasteiger partial charge in [0.1, 0.15) is 0 Å². The van der Waals surface area contributed by atoms with E-state index in [1.807, 2.05) is 0 Å². The minimum Gasteiger partial charge on any atom is -0.466 e. The van der Waals surface area contributed by atoms with Crippen molar-refractivity contribution in [1.82, 2.24) is 0 Å². The first-order valence-corrected chi connectivity index (χ1v) is 3.68. The molecule has 1 unspecified atom stereocenters. The van der Waals surface area contributed by atoms with E-state index in [0.717, 1.165) is 12.8 Å². The molecule has 3 heteroatoms. The van der Waals surface area contributed by atoms with Gasteiger partial charge in [-0.1, -0.05) is 12.8 Å². The van der Waals surface area contributed by atoms with Crippen LogP contribution in [-0.4, -0.2) is 20.4 Å². The predicted octanol–water partition coefficient (Wildman–Crippen LogP) is 0.916. The molecule has 0 aromatic rings. The smallest absolute Gasteiger partial charge is 0.300 e. The van der Waals surface area contributed by atoms with Crippen molar-refractivity contribution in [2.24, 2.45) is 5.92 Å². The summed E-state index contributed by atoms with van der Waals surface area (Å²) in [4.78, 5) is 10.9. The number of hydrogen-bond acceptors (Lipinski definition) is 2. The molecule has 1 aliphatic rings. The van der Waals surface area contributed by atoms with Crippen LogP contribution in [0, 0.1) is 5.92 Å². The molecule has 0 aliphatic heterocycles. The zero-order valence-corrected chi connectivity index (χ0v) is 6.17. The molecule has 10 heavy (non-hydrogen) atoms. The Morgan fingerprint density at radius 1 is 1.80 bits per heavy atom. The highest BCUT2D eigenvalue weighted by atomic mass is 16.5. The quantitative estimate of drug-likeness (QED) is 0.428. The summed E-state index contributed by atoms with van der Waals surface area (Å²) in [6, 6.07) is 0. The lowest BCUT2D eigenvalue weighted by molar-refractivity contribution is -0.143. The summed E-state index contributed by atoms with van der Waals surface area (Å²) in [7, 11) is 5.53. The molecular formula is C7H11BO2. The van der Waals surface area contributed by atoms with E-state index in [4.69, 9.17) is 12.6 Å². The molecule has 0 heterocycles. The summed E-state index contributed by atoms with van der Waals surface area (Å²) in [6.45, 7) is 2.22. The summed E-state index contributed by atoms with van der Waals surface area (Å²) >= 11 is 0. The Labute approximate surface area is 62.3 Å². The SMILES string of the molecule is [B]C(C(=O)OCC)C1CC1. The van der Waals surface area contributed by atoms with Crippen molar-refractivity contribution in [3.05, 3.63) is 0 Å². The molecule has 1 fully saturated rings. The third kappa shape index (κ3) is 1.76. The second kappa shape index (κ2) is 3.08. The second-order valence-electron chi connectivity index (χ2n) is 2.62. The molecule has 0 aromatic carbocycles. The predicted molar refractivity (Wildman–Crippen MR) is 38.9 cm³/mol. The first-order valence-electron chi connectivity index (χ1n) is 3.68. The molecule has 1 aliphatic carbocycles. The van der Waals surface area contributed by atoms with Crippen molar-refractivity contribution < 1.29 is 9.53 Å². The number of carbonyl (C=O) groups is 1. The first-order chi connectivity index (χ1) is 4.75. The van der Waals surface area contributed by atoms with E-state index in [-0.39, 0.29) is 11.8 Å². The maximum atomic E-state index is 10.9. The fourth-order valence-electron chi connectivity index (χ4n) is 0.886. The zero-order chi connectivity index (χ0) is 7.56. The molecule has 1 rings (SSSR count). The normalized spacial score (nSPS) is 20.1. The minimum absolute atomic E-state index is 0.245. The Morgan fingerprint density at radius 3 is 2.80 bits per heavy atom. The van der Waals surface area contributed by atoms with E-state index in [1.165, 1.54) is 0 Å². The lowest BCUT2D eigenvalue weighted by Gasteiger charge is -2.07. The highest BCUT2D eigenvalue weighted by Crippen LogP contribution is 2.39. The third-order valence-corrected chi connectivity index (χ3v) is 1.69. The number of rotatable bonds is 3. The standard InChI is InChI=1S/C7H11BO2/c1-2-10-7(9)6(8)5-3-4-5/h5-6H,2-4H2,1H3. The highest BCUT2D eigenvalue weighted by Gasteiger charge is 2.32. The number of ether oxygens (including phenoxy) is 1. The lowest BCUT2D eigenvalue weighted by Crippen LogP contribution is -2.13. The molecule has 0 spiro atoms. The van der Waals surface area contributed by atoms with Crippen LogP contribution in [0.1, 0.15) is 19.8 Å². The monoisotopic (exact) mass is 138 g/mol. The lowest BCUT2D eigenvalue weighted by atomic mass is 9.83. The molecule has 2 radical (unpaired) electrons. The van der Waals surface area contributed by atoms with E-state index >= 15 is 0 Å². The zero-order valence-electron chi connectivity index (χ0n) is 6.17. The van der Waals surface area contributed by atoms with Crippen molar-refractivity contribution in [2.75, 3.05) is 6.61 Å². The van der Waals surface area contributed by atoms with E-state index < -0.39 is 0 Å². The van der Waals surface area contributed by atoms with E-state index in [9.17, 15) is 4.79 Å². The average molecular weight is 138 g/mol. The van der Waals surface area contributed by atoms with Gasteiger partial charge in [0.25, 0.3) is 5.97 Å². The van der Waals surface area contributed by atoms with Crippen molar-refractivity contribution in [3.8, 4) is 0 Å². The maximum Gasteiger partial charge on any atom is 0.300 e. The van der Waals surface area contributed by atoms with Crippen LogP contribution in [0.15, 0.2) is 0 Å². The van der Waals surface area contributed by atoms with Gasteiger partial charge < -0.3 is 4.74 Å². The summed E-state index contributed by atoms with van der Waals surface area (Å²) in [5.74, 6) is -0.205. The molecule has 0 amide bonds. The molecule has 0 aromatic heterocycles. The molecular weight excluding hydrogens is 127 g/mol. The van der Waals surface area contributed by atoms with Gasteiger partial charge in [-0.25, -0.2) is 0 Å². The Morgan fingerprint density at radius 2 is 2.40 bits per heavy atom. The molecule has 0 saturated heterocycles. The van der Waals surface area contributed by atoms with Crippen LogP contribution in [-0.2, 0) is 9.53 Å². The average Bonchev–Trinajstić information content (AvgIpc) is 2.68. The van der Waals surface area contributed by atoms with Gasteiger partial charge in [-0.05, 0) is 12.8 Å². The van der Waals surface area contributed by atoms with Gasteiger partial charge in [-0.3, -0.25) is 4.79 Å².